The molecule has 0 amide bonds. The number of hydrogen-bond donors (Lipinski definition) is 2. The third-order valence-electron chi connectivity index (χ3n) is 3.77. The molecule has 5 nitrogen and oxygen atoms in total. The number of nitrogens with two attached hydrogens (primary N) is 1. The molecule has 2 heterocycles. The highest BCUT2D eigenvalue weighted by Crippen LogP contribution is 2.26. The maximum absolute atomic E-state index is 6.11. The molecular formula is C15H18ClN5. The smallest absolute Gasteiger partial charge is 0.150 e. The first-order chi connectivity index (χ1) is 10.2. The lowest BCUT2D eigenvalue weighted by Gasteiger charge is -2.34. The van der Waals surface area contributed by atoms with Gasteiger partial charge in [0.1, 0.15) is 17.2 Å². The van der Waals surface area contributed by atoms with Crippen LogP contribution in [0.2, 0.25) is 5.02 Å². The van der Waals surface area contributed by atoms with Gasteiger partial charge in [0.05, 0.1) is 0 Å². The van der Waals surface area contributed by atoms with Gasteiger partial charge >= 0.3 is 0 Å². The van der Waals surface area contributed by atoms with Crippen molar-refractivity contribution < 1.29 is 0 Å². The molecule has 0 radical (unpaired) electrons. The number of para-hydroxylation sites is 1. The SMILES string of the molecule is Nc1ncnc(NC2CCN(c3ccccc3)CC2)c1Cl. The van der Waals surface area contributed by atoms with E-state index in [2.05, 4.69) is 44.5 Å². The molecule has 110 valence electrons. The second kappa shape index (κ2) is 6.18. The first kappa shape index (κ1) is 13.9. The fraction of sp³-hybridized carbons (Fsp3) is 0.333. The van der Waals surface area contributed by atoms with Gasteiger partial charge in [-0.05, 0) is 25.0 Å². The van der Waals surface area contributed by atoms with Crippen molar-refractivity contribution in [2.24, 2.45) is 0 Å². The number of piperidine rings is 1. The molecule has 0 aliphatic carbocycles. The summed E-state index contributed by atoms with van der Waals surface area (Å²) in [6.45, 7) is 2.03. The highest BCUT2D eigenvalue weighted by molar-refractivity contribution is 6.35. The predicted octanol–water partition coefficient (Wildman–Crippen LogP) is 2.79. The van der Waals surface area contributed by atoms with Crippen LogP contribution in [0.3, 0.4) is 0 Å². The number of nitrogen functional groups attached to an aromatic ring is 1. The van der Waals surface area contributed by atoms with Crippen molar-refractivity contribution in [3.8, 4) is 0 Å². The van der Waals surface area contributed by atoms with Crippen LogP contribution in [0, 0.1) is 0 Å². The van der Waals surface area contributed by atoms with Crippen LogP contribution in [0.15, 0.2) is 36.7 Å². The molecule has 1 aromatic carbocycles. The average molecular weight is 304 g/mol. The van der Waals surface area contributed by atoms with Gasteiger partial charge in [0.15, 0.2) is 5.82 Å². The summed E-state index contributed by atoms with van der Waals surface area (Å²) in [6, 6.07) is 10.8. The Morgan fingerprint density at radius 1 is 1.14 bits per heavy atom. The first-order valence-corrected chi connectivity index (χ1v) is 7.44. The summed E-state index contributed by atoms with van der Waals surface area (Å²) >= 11 is 6.11. The van der Waals surface area contributed by atoms with Crippen molar-refractivity contribution in [3.05, 3.63) is 41.7 Å². The van der Waals surface area contributed by atoms with Gasteiger partial charge in [0.2, 0.25) is 0 Å². The summed E-state index contributed by atoms with van der Waals surface area (Å²) in [5.41, 5.74) is 6.97. The molecule has 1 aromatic heterocycles. The Hall–Kier alpha value is -2.01. The molecule has 2 aromatic rings. The fourth-order valence-corrected chi connectivity index (χ4v) is 2.75. The standard InChI is InChI=1S/C15H18ClN5/c16-13-14(17)18-10-19-15(13)20-11-6-8-21(9-7-11)12-4-2-1-3-5-12/h1-5,10-11H,6-9H2,(H3,17,18,19,20). The quantitative estimate of drug-likeness (QED) is 0.912. The third-order valence-corrected chi connectivity index (χ3v) is 4.15. The summed E-state index contributed by atoms with van der Waals surface area (Å²) in [6.07, 6.45) is 3.51. The van der Waals surface area contributed by atoms with Crippen LogP contribution >= 0.6 is 11.6 Å². The molecule has 1 aliphatic heterocycles. The van der Waals surface area contributed by atoms with Gasteiger partial charge in [-0.2, -0.15) is 0 Å². The molecule has 0 spiro atoms. The molecule has 0 unspecified atom stereocenters. The molecule has 3 N–H and O–H groups in total. The van der Waals surface area contributed by atoms with E-state index < -0.39 is 0 Å². The minimum atomic E-state index is 0.316. The van der Waals surface area contributed by atoms with E-state index >= 15 is 0 Å². The van der Waals surface area contributed by atoms with Gasteiger partial charge in [-0.25, -0.2) is 9.97 Å². The van der Waals surface area contributed by atoms with Gasteiger partial charge in [0, 0.05) is 24.8 Å². The third kappa shape index (κ3) is 3.19. The highest BCUT2D eigenvalue weighted by Gasteiger charge is 2.20. The van der Waals surface area contributed by atoms with Crippen LogP contribution in [-0.4, -0.2) is 29.1 Å². The van der Waals surface area contributed by atoms with E-state index in [0.717, 1.165) is 25.9 Å². The highest BCUT2D eigenvalue weighted by atomic mass is 35.5. The van der Waals surface area contributed by atoms with Gasteiger partial charge in [-0.15, -0.1) is 0 Å². The van der Waals surface area contributed by atoms with Gasteiger partial charge in [0.25, 0.3) is 0 Å². The number of rotatable bonds is 3. The van der Waals surface area contributed by atoms with Crippen LogP contribution in [0.5, 0.6) is 0 Å². The molecule has 0 bridgehead atoms. The van der Waals surface area contributed by atoms with Crippen LogP contribution in [0.1, 0.15) is 12.8 Å². The molecule has 1 aliphatic rings. The number of nitrogens with one attached hydrogen (secondary N) is 1. The maximum atomic E-state index is 6.11. The number of halogens is 1. The zero-order valence-corrected chi connectivity index (χ0v) is 12.4. The lowest BCUT2D eigenvalue weighted by molar-refractivity contribution is 0.525. The van der Waals surface area contributed by atoms with Crippen molar-refractivity contribution >= 4 is 28.9 Å². The first-order valence-electron chi connectivity index (χ1n) is 7.06. The normalized spacial score (nSPS) is 16.0. The second-order valence-electron chi connectivity index (χ2n) is 5.16. The summed E-state index contributed by atoms with van der Waals surface area (Å²) in [5, 5.41) is 3.78. The molecule has 6 heteroatoms. The Balaban J connectivity index is 1.60. The van der Waals surface area contributed by atoms with E-state index in [9.17, 15) is 0 Å². The molecule has 3 rings (SSSR count). The fourth-order valence-electron chi connectivity index (χ4n) is 2.60. The van der Waals surface area contributed by atoms with Gasteiger partial charge in [-0.3, -0.25) is 0 Å². The lowest BCUT2D eigenvalue weighted by Crippen LogP contribution is -2.39. The number of nitrogens with zero attached hydrogens (tertiary/aromatic N) is 3. The van der Waals surface area contributed by atoms with Crippen LogP contribution in [0.4, 0.5) is 17.3 Å². The van der Waals surface area contributed by atoms with E-state index in [1.54, 1.807) is 0 Å². The van der Waals surface area contributed by atoms with E-state index in [4.69, 9.17) is 17.3 Å². The van der Waals surface area contributed by atoms with Crippen molar-refractivity contribution in [1.82, 2.24) is 9.97 Å². The van der Waals surface area contributed by atoms with E-state index in [1.807, 2.05) is 6.07 Å². The minimum absolute atomic E-state index is 0.316. The van der Waals surface area contributed by atoms with Crippen LogP contribution in [-0.2, 0) is 0 Å². The monoisotopic (exact) mass is 303 g/mol. The zero-order valence-electron chi connectivity index (χ0n) is 11.7. The molecule has 21 heavy (non-hydrogen) atoms. The summed E-state index contributed by atoms with van der Waals surface area (Å²) in [5.74, 6) is 0.943. The maximum Gasteiger partial charge on any atom is 0.150 e. The van der Waals surface area contributed by atoms with E-state index in [-0.39, 0.29) is 0 Å². The number of benzene rings is 1. The Morgan fingerprint density at radius 2 is 1.86 bits per heavy atom. The van der Waals surface area contributed by atoms with Crippen molar-refractivity contribution in [3.63, 3.8) is 0 Å². The van der Waals surface area contributed by atoms with Crippen LogP contribution < -0.4 is 16.0 Å². The predicted molar refractivity (Wildman–Crippen MR) is 86.8 cm³/mol. The van der Waals surface area contributed by atoms with Gasteiger partial charge in [-0.1, -0.05) is 29.8 Å². The number of hydrogen-bond acceptors (Lipinski definition) is 5. The number of anilines is 3. The molecule has 1 fully saturated rings. The summed E-state index contributed by atoms with van der Waals surface area (Å²) in [7, 11) is 0. The number of aromatic nitrogens is 2. The summed E-state index contributed by atoms with van der Waals surface area (Å²) in [4.78, 5) is 10.4. The topological polar surface area (TPSA) is 67.1 Å². The minimum Gasteiger partial charge on any atom is -0.382 e. The Bertz CT molecular complexity index is 596. The summed E-state index contributed by atoms with van der Waals surface area (Å²) < 4.78 is 0. The van der Waals surface area contributed by atoms with Crippen molar-refractivity contribution in [2.75, 3.05) is 29.0 Å². The van der Waals surface area contributed by atoms with Crippen molar-refractivity contribution in [2.45, 2.75) is 18.9 Å². The molecule has 0 saturated carbocycles. The van der Waals surface area contributed by atoms with E-state index in [0.29, 0.717) is 22.7 Å². The molecule has 0 atom stereocenters. The molecule has 1 saturated heterocycles. The second-order valence-corrected chi connectivity index (χ2v) is 5.54. The van der Waals surface area contributed by atoms with Crippen molar-refractivity contribution in [1.29, 1.82) is 0 Å². The average Bonchev–Trinajstić information content (AvgIpc) is 2.53. The van der Waals surface area contributed by atoms with Crippen LogP contribution in [0.25, 0.3) is 0 Å². The Kier molecular flexibility index (Phi) is 4.10. The molecular weight excluding hydrogens is 286 g/mol. The zero-order chi connectivity index (χ0) is 14.7. The van der Waals surface area contributed by atoms with Gasteiger partial charge < -0.3 is 16.0 Å². The lowest BCUT2D eigenvalue weighted by atomic mass is 10.0. The Morgan fingerprint density at radius 3 is 2.57 bits per heavy atom. The Labute approximate surface area is 129 Å². The largest absolute Gasteiger partial charge is 0.382 e. The van der Waals surface area contributed by atoms with E-state index in [1.165, 1.54) is 12.0 Å².